The van der Waals surface area contributed by atoms with Gasteiger partial charge in [0.05, 0.1) is 5.56 Å². The molecule has 0 fully saturated rings. The van der Waals surface area contributed by atoms with Gasteiger partial charge in [0, 0.05) is 10.3 Å². The minimum Gasteiger partial charge on any atom is -0.480 e. The van der Waals surface area contributed by atoms with Crippen LogP contribution in [0.4, 0.5) is 0 Å². The summed E-state index contributed by atoms with van der Waals surface area (Å²) in [5.41, 5.74) is 4.36. The van der Waals surface area contributed by atoms with E-state index in [1.54, 1.807) is 32.2 Å². The maximum Gasteiger partial charge on any atom is 0.329 e. The molecule has 0 bridgehead atoms. The molecule has 0 saturated heterocycles. The first-order valence-electron chi connectivity index (χ1n) is 4.75. The molecule has 16 heavy (non-hydrogen) atoms. The predicted octanol–water partition coefficient (Wildman–Crippen LogP) is 1.90. The van der Waals surface area contributed by atoms with Crippen LogP contribution in [-0.2, 0) is 10.3 Å². The molecule has 1 aromatic rings. The Labute approximate surface area is 98.3 Å². The lowest BCUT2D eigenvalue weighted by molar-refractivity contribution is -0.148. The van der Waals surface area contributed by atoms with Crippen molar-refractivity contribution in [3.05, 3.63) is 21.9 Å². The first-order valence-corrected chi connectivity index (χ1v) is 5.63. The van der Waals surface area contributed by atoms with Crippen molar-refractivity contribution < 1.29 is 9.90 Å². The summed E-state index contributed by atoms with van der Waals surface area (Å²) in [5.74, 6) is -1.08. The van der Waals surface area contributed by atoms with Gasteiger partial charge in [-0.2, -0.15) is 5.26 Å². The Balaban J connectivity index is 3.34. The van der Waals surface area contributed by atoms with E-state index in [0.717, 1.165) is 0 Å². The SMILES string of the molecule is CC(C)(C)C(N)(C(=O)O)c1cc(C#N)cs1. The molecule has 3 N–H and O–H groups in total. The van der Waals surface area contributed by atoms with Crippen LogP contribution in [0.1, 0.15) is 31.2 Å². The lowest BCUT2D eigenvalue weighted by Gasteiger charge is -2.36. The fourth-order valence-corrected chi connectivity index (χ4v) is 2.55. The second-order valence-corrected chi connectivity index (χ2v) is 5.59. The van der Waals surface area contributed by atoms with Crippen LogP contribution in [0, 0.1) is 16.7 Å². The summed E-state index contributed by atoms with van der Waals surface area (Å²) < 4.78 is 0. The summed E-state index contributed by atoms with van der Waals surface area (Å²) in [6.07, 6.45) is 0. The van der Waals surface area contributed by atoms with E-state index in [-0.39, 0.29) is 0 Å². The lowest BCUT2D eigenvalue weighted by Crippen LogP contribution is -2.54. The predicted molar refractivity (Wildman–Crippen MR) is 62.0 cm³/mol. The molecule has 86 valence electrons. The second-order valence-electron chi connectivity index (χ2n) is 4.67. The minimum atomic E-state index is -1.47. The van der Waals surface area contributed by atoms with E-state index in [1.807, 2.05) is 6.07 Å². The Morgan fingerprint density at radius 1 is 1.56 bits per heavy atom. The highest BCUT2D eigenvalue weighted by atomic mass is 32.1. The Morgan fingerprint density at radius 2 is 2.12 bits per heavy atom. The molecule has 0 radical (unpaired) electrons. The average Bonchev–Trinajstić information content (AvgIpc) is 2.62. The number of carbonyl (C=O) groups is 1. The molecule has 1 heterocycles. The summed E-state index contributed by atoms with van der Waals surface area (Å²) in [6.45, 7) is 5.31. The van der Waals surface area contributed by atoms with Crippen molar-refractivity contribution in [1.82, 2.24) is 0 Å². The molecule has 0 saturated carbocycles. The number of aliphatic carboxylic acids is 1. The fraction of sp³-hybridized carbons (Fsp3) is 0.455. The van der Waals surface area contributed by atoms with Crippen LogP contribution >= 0.6 is 11.3 Å². The fourth-order valence-electron chi connectivity index (χ4n) is 1.40. The van der Waals surface area contributed by atoms with Gasteiger partial charge in [0.15, 0.2) is 5.54 Å². The summed E-state index contributed by atoms with van der Waals surface area (Å²) in [4.78, 5) is 11.9. The Kier molecular flexibility index (Phi) is 3.08. The van der Waals surface area contributed by atoms with Crippen LogP contribution in [0.25, 0.3) is 0 Å². The van der Waals surface area contributed by atoms with E-state index >= 15 is 0 Å². The van der Waals surface area contributed by atoms with Gasteiger partial charge in [-0.3, -0.25) is 0 Å². The summed E-state index contributed by atoms with van der Waals surface area (Å²) in [7, 11) is 0. The molecular formula is C11H14N2O2S. The molecule has 1 rings (SSSR count). The minimum absolute atomic E-state index is 0.445. The molecule has 1 unspecified atom stereocenters. The first-order chi connectivity index (χ1) is 7.23. The van der Waals surface area contributed by atoms with E-state index in [9.17, 15) is 9.90 Å². The van der Waals surface area contributed by atoms with Gasteiger partial charge in [-0.25, -0.2) is 4.79 Å². The van der Waals surface area contributed by atoms with Crippen LogP contribution in [0.2, 0.25) is 0 Å². The Bertz CT molecular complexity index is 453. The zero-order valence-electron chi connectivity index (χ0n) is 9.44. The van der Waals surface area contributed by atoms with Crippen molar-refractivity contribution in [3.63, 3.8) is 0 Å². The maximum atomic E-state index is 11.4. The zero-order valence-corrected chi connectivity index (χ0v) is 10.3. The number of nitriles is 1. The molecule has 1 atom stereocenters. The summed E-state index contributed by atoms with van der Waals surface area (Å²) >= 11 is 1.21. The topological polar surface area (TPSA) is 87.1 Å². The Morgan fingerprint density at radius 3 is 2.44 bits per heavy atom. The van der Waals surface area contributed by atoms with Gasteiger partial charge in [0.2, 0.25) is 0 Å². The average molecular weight is 238 g/mol. The van der Waals surface area contributed by atoms with Crippen molar-refractivity contribution in [2.75, 3.05) is 0 Å². The van der Waals surface area contributed by atoms with Crippen molar-refractivity contribution >= 4 is 17.3 Å². The standard InChI is InChI=1S/C11H14N2O2S/c1-10(2,3)11(13,9(14)15)8-4-7(5-12)6-16-8/h4,6H,13H2,1-3H3,(H,14,15). The Hall–Kier alpha value is -1.38. The zero-order chi connectivity index (χ0) is 12.6. The van der Waals surface area contributed by atoms with Gasteiger partial charge in [-0.15, -0.1) is 11.3 Å². The first kappa shape index (κ1) is 12.7. The number of nitrogens with two attached hydrogens (primary N) is 1. The third kappa shape index (κ3) is 1.82. The van der Waals surface area contributed by atoms with Crippen molar-refractivity contribution in [1.29, 1.82) is 5.26 Å². The van der Waals surface area contributed by atoms with Gasteiger partial charge in [0.25, 0.3) is 0 Å². The highest BCUT2D eigenvalue weighted by Crippen LogP contribution is 2.40. The quantitative estimate of drug-likeness (QED) is 0.823. The molecule has 1 aromatic heterocycles. The third-order valence-electron chi connectivity index (χ3n) is 2.64. The van der Waals surface area contributed by atoms with E-state index < -0.39 is 16.9 Å². The summed E-state index contributed by atoms with van der Waals surface area (Å²) in [5, 5.41) is 19.6. The number of nitrogens with zero attached hydrogens (tertiary/aromatic N) is 1. The third-order valence-corrected chi connectivity index (χ3v) is 3.70. The number of hydrogen-bond donors (Lipinski definition) is 2. The van der Waals surface area contributed by atoms with Crippen LogP contribution < -0.4 is 5.73 Å². The van der Waals surface area contributed by atoms with Crippen molar-refractivity contribution in [2.24, 2.45) is 11.1 Å². The molecule has 5 heteroatoms. The van der Waals surface area contributed by atoms with E-state index in [4.69, 9.17) is 11.0 Å². The largest absolute Gasteiger partial charge is 0.480 e. The molecule has 0 aromatic carbocycles. The highest BCUT2D eigenvalue weighted by molar-refractivity contribution is 7.10. The smallest absolute Gasteiger partial charge is 0.329 e. The lowest BCUT2D eigenvalue weighted by atomic mass is 9.73. The van der Waals surface area contributed by atoms with Gasteiger partial charge in [-0.1, -0.05) is 20.8 Å². The van der Waals surface area contributed by atoms with E-state index in [0.29, 0.717) is 10.4 Å². The number of carboxylic acid groups (broad SMARTS) is 1. The van der Waals surface area contributed by atoms with Crippen LogP contribution in [0.15, 0.2) is 11.4 Å². The van der Waals surface area contributed by atoms with Gasteiger partial charge in [0.1, 0.15) is 6.07 Å². The molecule has 0 aliphatic carbocycles. The van der Waals surface area contributed by atoms with Crippen molar-refractivity contribution in [2.45, 2.75) is 26.3 Å². The summed E-state index contributed by atoms with van der Waals surface area (Å²) in [6, 6.07) is 3.52. The van der Waals surface area contributed by atoms with Gasteiger partial charge in [-0.05, 0) is 11.5 Å². The van der Waals surface area contributed by atoms with Gasteiger partial charge >= 0.3 is 5.97 Å². The van der Waals surface area contributed by atoms with Crippen LogP contribution in [-0.4, -0.2) is 11.1 Å². The van der Waals surface area contributed by atoms with Crippen LogP contribution in [0.3, 0.4) is 0 Å². The second kappa shape index (κ2) is 3.89. The maximum absolute atomic E-state index is 11.4. The molecule has 0 aliphatic rings. The normalized spacial score (nSPS) is 15.2. The molecule has 0 amide bonds. The van der Waals surface area contributed by atoms with Crippen LogP contribution in [0.5, 0.6) is 0 Å². The van der Waals surface area contributed by atoms with Gasteiger partial charge < -0.3 is 10.8 Å². The number of carboxylic acids is 1. The molecule has 0 spiro atoms. The van der Waals surface area contributed by atoms with E-state index in [1.165, 1.54) is 11.3 Å². The monoisotopic (exact) mass is 238 g/mol. The number of rotatable bonds is 2. The number of hydrogen-bond acceptors (Lipinski definition) is 4. The highest BCUT2D eigenvalue weighted by Gasteiger charge is 2.48. The van der Waals surface area contributed by atoms with E-state index in [2.05, 4.69) is 0 Å². The molecule has 0 aliphatic heterocycles. The van der Waals surface area contributed by atoms with Crippen molar-refractivity contribution in [3.8, 4) is 6.07 Å². The molecule has 4 nitrogen and oxygen atoms in total. The number of thiophene rings is 1. The molecular weight excluding hydrogens is 224 g/mol.